The van der Waals surface area contributed by atoms with Crippen LogP contribution in [0.15, 0.2) is 10.7 Å². The third-order valence-corrected chi connectivity index (χ3v) is 2.24. The van der Waals surface area contributed by atoms with Gasteiger partial charge in [-0.3, -0.25) is 4.63 Å². The molecule has 6 heteroatoms. The maximum atomic E-state index is 11.2. The zero-order chi connectivity index (χ0) is 10.8. The Kier molecular flexibility index (Phi) is 2.51. The quantitative estimate of drug-likeness (QED) is 0.720. The second-order valence-corrected chi connectivity index (χ2v) is 3.42. The lowest BCUT2D eigenvalue weighted by Crippen LogP contribution is -2.23. The Bertz CT molecular complexity index is 480. The normalized spacial score (nSPS) is 11.1. The van der Waals surface area contributed by atoms with Crippen LogP contribution in [0.2, 0.25) is 0 Å². The molecule has 0 atom stereocenters. The van der Waals surface area contributed by atoms with Crippen LogP contribution < -0.4 is 10.6 Å². The topological polar surface area (TPSA) is 91.9 Å². The molecule has 2 heterocycles. The summed E-state index contributed by atoms with van der Waals surface area (Å²) >= 11 is 0. The molecule has 0 saturated carbocycles. The minimum absolute atomic E-state index is 0.358. The molecule has 0 unspecified atom stereocenters. The summed E-state index contributed by atoms with van der Waals surface area (Å²) in [5.74, 6) is 0. The lowest BCUT2D eigenvalue weighted by molar-refractivity contribution is -0.782. The predicted molar refractivity (Wildman–Crippen MR) is 52.9 cm³/mol. The Morgan fingerprint density at radius 2 is 2.40 bits per heavy atom. The molecule has 2 aromatic rings. The van der Waals surface area contributed by atoms with Crippen molar-refractivity contribution in [1.29, 1.82) is 0 Å². The number of fused-ring (bicyclic) bond motifs is 1. The van der Waals surface area contributed by atoms with Gasteiger partial charge in [0.1, 0.15) is 0 Å². The molecule has 0 fully saturated rings. The molecule has 6 nitrogen and oxygen atoms in total. The molecule has 0 aliphatic rings. The number of aryl methyl sites for hydroxylation is 2. The van der Waals surface area contributed by atoms with Gasteiger partial charge in [0.05, 0.1) is 5.16 Å². The number of nitrogens with zero attached hydrogens (tertiary/aromatic N) is 3. The van der Waals surface area contributed by atoms with Crippen molar-refractivity contribution in [2.45, 2.75) is 19.8 Å². The highest BCUT2D eigenvalue weighted by molar-refractivity contribution is 5.69. The zero-order valence-electron chi connectivity index (χ0n) is 8.43. The minimum atomic E-state index is 0.358. The van der Waals surface area contributed by atoms with Crippen LogP contribution in [0.5, 0.6) is 0 Å². The number of rotatable bonds is 3. The molecule has 2 rings (SSSR count). The van der Waals surface area contributed by atoms with E-state index in [0.29, 0.717) is 22.6 Å². The molecule has 2 aromatic heterocycles. The number of pyridine rings is 1. The van der Waals surface area contributed by atoms with E-state index in [1.807, 2.05) is 13.0 Å². The van der Waals surface area contributed by atoms with E-state index in [2.05, 4.69) is 14.8 Å². The van der Waals surface area contributed by atoms with Crippen molar-refractivity contribution in [3.8, 4) is 0 Å². The summed E-state index contributed by atoms with van der Waals surface area (Å²) in [6, 6.07) is 1.86. The Morgan fingerprint density at radius 3 is 3.13 bits per heavy atom. The zero-order valence-corrected chi connectivity index (χ0v) is 8.43. The van der Waals surface area contributed by atoms with Gasteiger partial charge in [0.25, 0.3) is 0 Å². The van der Waals surface area contributed by atoms with Crippen LogP contribution in [0, 0.1) is 12.1 Å². The number of aromatic nitrogens is 3. The van der Waals surface area contributed by atoms with E-state index in [-0.39, 0.29) is 0 Å². The fourth-order valence-electron chi connectivity index (χ4n) is 1.53. The molecule has 0 radical (unpaired) electrons. The van der Waals surface area contributed by atoms with Gasteiger partial charge in [-0.25, -0.2) is 4.98 Å². The summed E-state index contributed by atoms with van der Waals surface area (Å²) < 4.78 is 4.48. The second-order valence-electron chi connectivity index (χ2n) is 3.42. The van der Waals surface area contributed by atoms with Gasteiger partial charge < -0.3 is 10.9 Å². The van der Waals surface area contributed by atoms with Crippen LogP contribution in [0.1, 0.15) is 17.7 Å². The predicted octanol–water partition coefficient (Wildman–Crippen LogP) is 0.0559. The first-order valence-corrected chi connectivity index (χ1v) is 4.78. The molecule has 0 bridgehead atoms. The van der Waals surface area contributed by atoms with Crippen LogP contribution in [0.4, 0.5) is 0 Å². The lowest BCUT2D eigenvalue weighted by Gasteiger charge is -1.99. The van der Waals surface area contributed by atoms with E-state index in [1.165, 1.54) is 0 Å². The molecule has 0 aliphatic heterocycles. The minimum Gasteiger partial charge on any atom is -0.359 e. The van der Waals surface area contributed by atoms with Gasteiger partial charge in [-0.05, 0) is 37.3 Å². The molecule has 0 spiro atoms. The lowest BCUT2D eigenvalue weighted by atomic mass is 10.1. The van der Waals surface area contributed by atoms with Crippen molar-refractivity contribution < 1.29 is 9.53 Å². The van der Waals surface area contributed by atoms with Gasteiger partial charge in [-0.1, -0.05) is 0 Å². The first-order chi connectivity index (χ1) is 7.22. The van der Waals surface area contributed by atoms with E-state index >= 15 is 0 Å². The van der Waals surface area contributed by atoms with Gasteiger partial charge >= 0.3 is 5.65 Å². The molecule has 15 heavy (non-hydrogen) atoms. The van der Waals surface area contributed by atoms with Crippen molar-refractivity contribution in [3.63, 3.8) is 0 Å². The fraction of sp³-hybridized carbons (Fsp3) is 0.444. The van der Waals surface area contributed by atoms with Crippen molar-refractivity contribution in [3.05, 3.63) is 22.5 Å². The third-order valence-electron chi connectivity index (χ3n) is 2.24. The van der Waals surface area contributed by atoms with Crippen LogP contribution in [-0.2, 0) is 6.42 Å². The van der Waals surface area contributed by atoms with Crippen LogP contribution in [0.3, 0.4) is 0 Å². The first-order valence-electron chi connectivity index (χ1n) is 4.78. The number of nitrogens with two attached hydrogens (primary N) is 1. The smallest absolute Gasteiger partial charge is 0.341 e. The van der Waals surface area contributed by atoms with Crippen molar-refractivity contribution in [1.82, 2.24) is 10.1 Å². The van der Waals surface area contributed by atoms with E-state index < -0.39 is 0 Å². The monoisotopic (exact) mass is 208 g/mol. The van der Waals surface area contributed by atoms with Crippen LogP contribution >= 0.6 is 0 Å². The van der Waals surface area contributed by atoms with Gasteiger partial charge in [0.2, 0.25) is 5.52 Å². The fourth-order valence-corrected chi connectivity index (χ4v) is 1.53. The Morgan fingerprint density at radius 1 is 1.60 bits per heavy atom. The molecule has 0 saturated heterocycles. The first kappa shape index (κ1) is 9.85. The standard InChI is InChI=1S/C9H12N4O2/c1-6-5-7(3-2-4-10)11-9-8(6)13(14)15-12-9/h5H,2-4,10H2,1H3. The number of hydrogen-bond donors (Lipinski definition) is 1. The summed E-state index contributed by atoms with van der Waals surface area (Å²) in [6.45, 7) is 2.46. The van der Waals surface area contributed by atoms with Gasteiger partial charge in [-0.15, -0.1) is 0 Å². The Hall–Kier alpha value is -1.69. The number of hydrogen-bond acceptors (Lipinski definition) is 5. The van der Waals surface area contributed by atoms with Crippen LogP contribution in [0.25, 0.3) is 11.2 Å². The molecule has 80 valence electrons. The maximum Gasteiger partial charge on any atom is 0.341 e. The highest BCUT2D eigenvalue weighted by Crippen LogP contribution is 2.13. The van der Waals surface area contributed by atoms with E-state index in [9.17, 15) is 5.21 Å². The third kappa shape index (κ3) is 1.75. The summed E-state index contributed by atoms with van der Waals surface area (Å²) in [6.07, 6.45) is 1.66. The largest absolute Gasteiger partial charge is 0.359 e. The Balaban J connectivity index is 2.44. The van der Waals surface area contributed by atoms with Crippen molar-refractivity contribution in [2.75, 3.05) is 6.54 Å². The molecule has 0 aliphatic carbocycles. The van der Waals surface area contributed by atoms with E-state index in [4.69, 9.17) is 5.73 Å². The molecular weight excluding hydrogens is 196 g/mol. The molecule has 0 aromatic carbocycles. The highest BCUT2D eigenvalue weighted by Gasteiger charge is 2.14. The van der Waals surface area contributed by atoms with Crippen molar-refractivity contribution in [2.24, 2.45) is 5.73 Å². The average molecular weight is 208 g/mol. The SMILES string of the molecule is Cc1cc(CCCN)nc2no[n+]([O-])c12. The van der Waals surface area contributed by atoms with Gasteiger partial charge in [0.15, 0.2) is 0 Å². The summed E-state index contributed by atoms with van der Waals surface area (Å²) in [4.78, 5) is 4.59. The van der Waals surface area contributed by atoms with E-state index in [1.54, 1.807) is 0 Å². The molecule has 2 N–H and O–H groups in total. The second kappa shape index (κ2) is 3.82. The summed E-state index contributed by atoms with van der Waals surface area (Å²) in [5, 5.41) is 14.7. The van der Waals surface area contributed by atoms with Gasteiger partial charge in [-0.2, -0.15) is 0 Å². The van der Waals surface area contributed by atoms with Gasteiger partial charge in [0, 0.05) is 11.3 Å². The highest BCUT2D eigenvalue weighted by atomic mass is 16.8. The van der Waals surface area contributed by atoms with Crippen molar-refractivity contribution >= 4 is 11.2 Å². The van der Waals surface area contributed by atoms with E-state index in [0.717, 1.165) is 24.1 Å². The van der Waals surface area contributed by atoms with Crippen LogP contribution in [-0.4, -0.2) is 16.7 Å². The molecule has 0 amide bonds. The Labute approximate surface area is 86.2 Å². The molecular formula is C9H12N4O2. The summed E-state index contributed by atoms with van der Waals surface area (Å²) in [7, 11) is 0. The average Bonchev–Trinajstić information content (AvgIpc) is 2.58. The summed E-state index contributed by atoms with van der Waals surface area (Å²) in [5.41, 5.74) is 7.88. The maximum absolute atomic E-state index is 11.2.